The Kier molecular flexibility index (Phi) is 13.0. The van der Waals surface area contributed by atoms with Crippen molar-refractivity contribution in [2.45, 2.75) is 143 Å². The highest BCUT2D eigenvalue weighted by Crippen LogP contribution is 2.65. The van der Waals surface area contributed by atoms with Gasteiger partial charge in [0.1, 0.15) is 12.1 Å². The fraction of sp³-hybridized carbons (Fsp3) is 0.795. The minimum Gasteiger partial charge on any atom is -0.346 e. The molecule has 0 aromatic rings. The van der Waals surface area contributed by atoms with Crippen LogP contribution < -0.4 is 21.3 Å². The van der Waals surface area contributed by atoms with Gasteiger partial charge in [-0.15, -0.1) is 6.58 Å². The van der Waals surface area contributed by atoms with Gasteiger partial charge in [-0.05, 0) is 47.3 Å². The van der Waals surface area contributed by atoms with Crippen molar-refractivity contribution in [3.05, 3.63) is 12.7 Å². The molecule has 0 spiro atoms. The second-order valence-electron chi connectivity index (χ2n) is 17.9. The maximum atomic E-state index is 14.4. The SMILES string of the molecule is C=CCNC(=O)C(=O)[C@@H]1CCCCCCCCC[C@H](NC(=O)N[C@H](CN2CCC(C)(C)CC2=O)C(C)(C)C)C(=O)N2C[C@H]3[C@@H]([C@H]2C(=O)N1)C3(C)C. The Hall–Kier alpha value is -3.44. The van der Waals surface area contributed by atoms with Gasteiger partial charge >= 0.3 is 6.03 Å². The summed E-state index contributed by atoms with van der Waals surface area (Å²) in [6, 6.07) is -3.51. The van der Waals surface area contributed by atoms with E-state index in [9.17, 15) is 28.8 Å². The minimum atomic E-state index is -1.00. The smallest absolute Gasteiger partial charge is 0.315 e. The maximum absolute atomic E-state index is 14.4. The molecule has 3 saturated heterocycles. The fourth-order valence-corrected chi connectivity index (χ4v) is 8.27. The molecule has 6 amide bonds. The normalized spacial score (nSPS) is 29.2. The Morgan fingerprint density at radius 1 is 0.980 bits per heavy atom. The lowest BCUT2D eigenvalue weighted by atomic mass is 9.81. The Balaban J connectivity index is 1.54. The van der Waals surface area contributed by atoms with Gasteiger partial charge in [0.2, 0.25) is 23.5 Å². The Morgan fingerprint density at radius 3 is 2.22 bits per heavy atom. The molecule has 0 bridgehead atoms. The van der Waals surface area contributed by atoms with Gasteiger partial charge in [0, 0.05) is 32.6 Å². The molecule has 0 aromatic heterocycles. The number of ketones is 1. The van der Waals surface area contributed by atoms with E-state index in [-0.39, 0.29) is 52.5 Å². The standard InChI is InChI=1S/C39H64N6O6/c1-9-20-40-34(49)32(47)26-17-15-13-11-10-12-14-16-18-27(35(50)45-23-25-30(39(25,7)8)31(45)33(48)41-26)42-36(51)43-28(37(2,3)4)24-44-21-19-38(5,6)22-29(44)46/h9,25-28,30-31H,1,10-24H2,2-8H3,(H,40,49)(H,41,48)(H2,42,43,51)/t25-,26-,27-,28+,30-,31-/m0/s1. The Labute approximate surface area is 305 Å². The van der Waals surface area contributed by atoms with E-state index < -0.39 is 41.8 Å². The Bertz CT molecular complexity index is 1340. The summed E-state index contributed by atoms with van der Waals surface area (Å²) in [6.07, 6.45) is 9.75. The van der Waals surface area contributed by atoms with Crippen LogP contribution in [0.15, 0.2) is 12.7 Å². The first kappa shape index (κ1) is 40.3. The summed E-state index contributed by atoms with van der Waals surface area (Å²) in [7, 11) is 0. The van der Waals surface area contributed by atoms with Crippen LogP contribution in [0.4, 0.5) is 4.79 Å². The van der Waals surface area contributed by atoms with E-state index in [1.807, 2.05) is 25.7 Å². The van der Waals surface area contributed by atoms with Gasteiger partial charge in [-0.2, -0.15) is 0 Å². The van der Waals surface area contributed by atoms with E-state index in [0.29, 0.717) is 45.3 Å². The summed E-state index contributed by atoms with van der Waals surface area (Å²) >= 11 is 0. The number of nitrogens with zero attached hydrogens (tertiary/aromatic N) is 2. The molecule has 12 heteroatoms. The van der Waals surface area contributed by atoms with E-state index in [2.05, 4.69) is 55.5 Å². The first-order valence-corrected chi connectivity index (χ1v) is 19.3. The molecule has 4 N–H and O–H groups in total. The molecular weight excluding hydrogens is 648 g/mol. The number of nitrogens with one attached hydrogen (secondary N) is 4. The maximum Gasteiger partial charge on any atom is 0.315 e. The molecule has 1 saturated carbocycles. The third-order valence-corrected chi connectivity index (χ3v) is 11.9. The molecule has 4 fully saturated rings. The van der Waals surface area contributed by atoms with Crippen molar-refractivity contribution in [3.8, 4) is 0 Å². The van der Waals surface area contributed by atoms with Crippen molar-refractivity contribution < 1.29 is 28.8 Å². The molecule has 51 heavy (non-hydrogen) atoms. The molecule has 3 aliphatic heterocycles. The topological polar surface area (TPSA) is 157 Å². The van der Waals surface area contributed by atoms with Crippen LogP contribution in [0, 0.1) is 28.1 Å². The van der Waals surface area contributed by atoms with Crippen molar-refractivity contribution in [3.63, 3.8) is 0 Å². The highest BCUT2D eigenvalue weighted by Gasteiger charge is 2.69. The third-order valence-electron chi connectivity index (χ3n) is 11.9. The second kappa shape index (κ2) is 16.5. The van der Waals surface area contributed by atoms with Gasteiger partial charge in [-0.1, -0.05) is 99.5 Å². The van der Waals surface area contributed by atoms with E-state index in [0.717, 1.165) is 44.9 Å². The molecule has 0 unspecified atom stereocenters. The summed E-state index contributed by atoms with van der Waals surface area (Å²) in [5.74, 6) is -2.13. The van der Waals surface area contributed by atoms with Gasteiger partial charge in [-0.3, -0.25) is 24.0 Å². The van der Waals surface area contributed by atoms with Gasteiger partial charge in [0.25, 0.3) is 5.91 Å². The molecular formula is C39H64N6O6. The van der Waals surface area contributed by atoms with E-state index in [4.69, 9.17) is 0 Å². The third kappa shape index (κ3) is 10.1. The van der Waals surface area contributed by atoms with Gasteiger partial charge in [-0.25, -0.2) is 4.79 Å². The number of piperidine rings is 2. The van der Waals surface area contributed by atoms with Gasteiger partial charge in [0.05, 0.1) is 12.1 Å². The Morgan fingerprint density at radius 2 is 1.61 bits per heavy atom. The second-order valence-corrected chi connectivity index (χ2v) is 17.9. The summed E-state index contributed by atoms with van der Waals surface area (Å²) in [4.78, 5) is 84.6. The van der Waals surface area contributed by atoms with Crippen molar-refractivity contribution in [2.75, 3.05) is 26.2 Å². The largest absolute Gasteiger partial charge is 0.346 e. The van der Waals surface area contributed by atoms with E-state index >= 15 is 0 Å². The quantitative estimate of drug-likeness (QED) is 0.220. The average molecular weight is 713 g/mol. The van der Waals surface area contributed by atoms with Gasteiger partial charge < -0.3 is 31.1 Å². The number of rotatable bonds is 8. The van der Waals surface area contributed by atoms with Crippen LogP contribution in [0.2, 0.25) is 0 Å². The van der Waals surface area contributed by atoms with E-state index in [1.54, 1.807) is 4.90 Å². The van der Waals surface area contributed by atoms with Crippen LogP contribution >= 0.6 is 0 Å². The first-order chi connectivity index (χ1) is 23.9. The van der Waals surface area contributed by atoms with Gasteiger partial charge in [0.15, 0.2) is 0 Å². The molecule has 286 valence electrons. The zero-order valence-electron chi connectivity index (χ0n) is 32.2. The minimum absolute atomic E-state index is 0.0448. The number of Topliss-reactive ketones (excluding diaryl/α,β-unsaturated/α-hetero) is 1. The first-order valence-electron chi connectivity index (χ1n) is 19.3. The predicted molar refractivity (Wildman–Crippen MR) is 196 cm³/mol. The number of amides is 6. The number of carbonyl (C=O) groups excluding carboxylic acids is 6. The van der Waals surface area contributed by atoms with Crippen LogP contribution in [-0.4, -0.2) is 95.6 Å². The van der Waals surface area contributed by atoms with Crippen molar-refractivity contribution in [2.24, 2.45) is 28.1 Å². The van der Waals surface area contributed by atoms with Crippen molar-refractivity contribution in [1.29, 1.82) is 0 Å². The lowest BCUT2D eigenvalue weighted by Gasteiger charge is -2.41. The highest BCUT2D eigenvalue weighted by molar-refractivity contribution is 6.38. The van der Waals surface area contributed by atoms with E-state index in [1.165, 1.54) is 6.08 Å². The number of fused-ring (bicyclic) bond motifs is 3. The molecule has 0 aromatic carbocycles. The predicted octanol–water partition coefficient (Wildman–Crippen LogP) is 4.08. The van der Waals surface area contributed by atoms with Crippen molar-refractivity contribution >= 4 is 35.4 Å². The molecule has 4 rings (SSSR count). The summed E-state index contributed by atoms with van der Waals surface area (Å²) in [5, 5.41) is 11.5. The lowest BCUT2D eigenvalue weighted by Crippen LogP contribution is -2.60. The highest BCUT2D eigenvalue weighted by atomic mass is 16.2. The average Bonchev–Trinajstić information content (AvgIpc) is 3.35. The fourth-order valence-electron chi connectivity index (χ4n) is 8.27. The zero-order chi connectivity index (χ0) is 37.7. The van der Waals surface area contributed by atoms with Crippen molar-refractivity contribution in [1.82, 2.24) is 31.1 Å². The summed E-state index contributed by atoms with van der Waals surface area (Å²) in [5.41, 5.74) is -0.574. The number of hydrogen-bond donors (Lipinski definition) is 4. The van der Waals surface area contributed by atoms with Crippen LogP contribution in [0.5, 0.6) is 0 Å². The molecule has 0 radical (unpaired) electrons. The molecule has 4 aliphatic rings. The number of carbonyl (C=O) groups is 6. The molecule has 3 heterocycles. The summed E-state index contributed by atoms with van der Waals surface area (Å²) < 4.78 is 0. The van der Waals surface area contributed by atoms with Crippen LogP contribution in [0.1, 0.15) is 119 Å². The molecule has 6 atom stereocenters. The lowest BCUT2D eigenvalue weighted by molar-refractivity contribution is -0.144. The van der Waals surface area contributed by atoms with Crippen LogP contribution in [0.3, 0.4) is 0 Å². The molecule has 1 aliphatic carbocycles. The van der Waals surface area contributed by atoms with Crippen LogP contribution in [-0.2, 0) is 24.0 Å². The number of likely N-dealkylation sites (tertiary alicyclic amines) is 1. The monoisotopic (exact) mass is 712 g/mol. The molecule has 12 nitrogen and oxygen atoms in total. The van der Waals surface area contributed by atoms with Crippen LogP contribution in [0.25, 0.3) is 0 Å². The number of hydrogen-bond acceptors (Lipinski definition) is 6. The zero-order valence-corrected chi connectivity index (χ0v) is 32.2. The summed E-state index contributed by atoms with van der Waals surface area (Å²) in [6.45, 7) is 19.6. The number of urea groups is 1.